The molecule has 3 rings (SSSR count). The normalized spacial score (nSPS) is 10.4. The van der Waals surface area contributed by atoms with Crippen molar-refractivity contribution >= 4 is 5.91 Å². The van der Waals surface area contributed by atoms with Gasteiger partial charge in [0, 0.05) is 24.0 Å². The molecule has 23 heavy (non-hydrogen) atoms. The summed E-state index contributed by atoms with van der Waals surface area (Å²) in [5, 5.41) is 6.90. The molecule has 1 N–H and O–H groups in total. The maximum absolute atomic E-state index is 11.9. The van der Waals surface area contributed by atoms with E-state index in [0.29, 0.717) is 11.5 Å². The van der Waals surface area contributed by atoms with Crippen LogP contribution >= 0.6 is 0 Å². The van der Waals surface area contributed by atoms with Crippen LogP contribution in [0, 0.1) is 0 Å². The number of furan rings is 1. The minimum absolute atomic E-state index is 0.154. The highest BCUT2D eigenvalue weighted by atomic mass is 16.3. The molecule has 0 bridgehead atoms. The molecule has 0 aliphatic heterocycles. The van der Waals surface area contributed by atoms with E-state index in [1.165, 1.54) is 12.3 Å². The molecule has 0 saturated carbocycles. The van der Waals surface area contributed by atoms with Gasteiger partial charge in [0.2, 0.25) is 5.91 Å². The van der Waals surface area contributed by atoms with Crippen molar-refractivity contribution in [2.24, 2.45) is 0 Å². The minimum Gasteiger partial charge on any atom is -0.467 e. The van der Waals surface area contributed by atoms with Gasteiger partial charge in [0.15, 0.2) is 0 Å². The first-order valence-electron chi connectivity index (χ1n) is 7.00. The minimum atomic E-state index is -0.337. The molecule has 0 saturated heterocycles. The first-order chi connectivity index (χ1) is 11.2. The highest BCUT2D eigenvalue weighted by Gasteiger charge is 2.08. The summed E-state index contributed by atoms with van der Waals surface area (Å²) in [5.41, 5.74) is 1.09. The van der Waals surface area contributed by atoms with Gasteiger partial charge in [-0.15, -0.1) is 0 Å². The van der Waals surface area contributed by atoms with E-state index in [4.69, 9.17) is 4.42 Å². The van der Waals surface area contributed by atoms with Gasteiger partial charge in [-0.3, -0.25) is 14.6 Å². The van der Waals surface area contributed by atoms with Crippen molar-refractivity contribution in [1.29, 1.82) is 0 Å². The molecule has 0 aliphatic carbocycles. The molecule has 3 aromatic heterocycles. The zero-order valence-electron chi connectivity index (χ0n) is 12.2. The van der Waals surface area contributed by atoms with Gasteiger partial charge in [-0.25, -0.2) is 4.68 Å². The van der Waals surface area contributed by atoms with Gasteiger partial charge in [-0.2, -0.15) is 5.10 Å². The Morgan fingerprint density at radius 2 is 2.00 bits per heavy atom. The molecular weight excluding hydrogens is 296 g/mol. The molecule has 7 heteroatoms. The fraction of sp³-hybridized carbons (Fsp3) is 0.125. The quantitative estimate of drug-likeness (QED) is 0.765. The largest absolute Gasteiger partial charge is 0.467 e. The zero-order valence-corrected chi connectivity index (χ0v) is 12.2. The lowest BCUT2D eigenvalue weighted by atomic mass is 10.2. The van der Waals surface area contributed by atoms with Crippen molar-refractivity contribution in [3.8, 4) is 11.3 Å². The second kappa shape index (κ2) is 6.69. The van der Waals surface area contributed by atoms with Crippen LogP contribution < -0.4 is 10.9 Å². The molecule has 0 radical (unpaired) electrons. The van der Waals surface area contributed by atoms with E-state index in [0.717, 1.165) is 10.2 Å². The lowest BCUT2D eigenvalue weighted by molar-refractivity contribution is -0.122. The van der Waals surface area contributed by atoms with Gasteiger partial charge in [0.1, 0.15) is 12.3 Å². The molecule has 0 atom stereocenters. The van der Waals surface area contributed by atoms with Crippen molar-refractivity contribution in [2.75, 3.05) is 0 Å². The third kappa shape index (κ3) is 3.70. The first-order valence-corrected chi connectivity index (χ1v) is 7.00. The fourth-order valence-corrected chi connectivity index (χ4v) is 2.03. The number of nitrogens with one attached hydrogen (secondary N) is 1. The second-order valence-electron chi connectivity index (χ2n) is 4.81. The summed E-state index contributed by atoms with van der Waals surface area (Å²) in [7, 11) is 0. The van der Waals surface area contributed by atoms with E-state index in [9.17, 15) is 9.59 Å². The number of hydrogen-bond acceptors (Lipinski definition) is 5. The fourth-order valence-electron chi connectivity index (χ4n) is 2.03. The summed E-state index contributed by atoms with van der Waals surface area (Å²) >= 11 is 0. The van der Waals surface area contributed by atoms with E-state index in [-0.39, 0.29) is 24.6 Å². The molecule has 0 unspecified atom stereocenters. The Kier molecular flexibility index (Phi) is 4.28. The Bertz CT molecular complexity index is 841. The first kappa shape index (κ1) is 14.7. The van der Waals surface area contributed by atoms with Gasteiger partial charge < -0.3 is 9.73 Å². The Morgan fingerprint density at radius 1 is 1.17 bits per heavy atom. The van der Waals surface area contributed by atoms with Gasteiger partial charge in [0.25, 0.3) is 5.56 Å². The Morgan fingerprint density at radius 3 is 2.74 bits per heavy atom. The lowest BCUT2D eigenvalue weighted by Crippen LogP contribution is -2.33. The number of carbonyl (C=O) groups excluding carboxylic acids is 1. The summed E-state index contributed by atoms with van der Waals surface area (Å²) in [6, 6.07) is 10.1. The Hall–Kier alpha value is -3.22. The summed E-state index contributed by atoms with van der Waals surface area (Å²) in [5.74, 6) is 0.326. The smallest absolute Gasteiger partial charge is 0.267 e. The Labute approximate surface area is 131 Å². The molecule has 116 valence electrons. The maximum atomic E-state index is 11.9. The monoisotopic (exact) mass is 310 g/mol. The van der Waals surface area contributed by atoms with Crippen LogP contribution in [0.15, 0.2) is 64.3 Å². The molecule has 0 aliphatic rings. The maximum Gasteiger partial charge on any atom is 0.267 e. The molecule has 0 aromatic carbocycles. The second-order valence-corrected chi connectivity index (χ2v) is 4.81. The lowest BCUT2D eigenvalue weighted by Gasteiger charge is -2.07. The summed E-state index contributed by atoms with van der Waals surface area (Å²) < 4.78 is 6.26. The predicted molar refractivity (Wildman–Crippen MR) is 82.3 cm³/mol. The molecule has 3 heterocycles. The SMILES string of the molecule is O=C(Cn1nc(-c2ccncc2)ccc1=O)NCc1ccco1. The van der Waals surface area contributed by atoms with Crippen molar-refractivity contribution in [1.82, 2.24) is 20.1 Å². The van der Waals surface area contributed by atoms with Gasteiger partial charge in [-0.1, -0.05) is 0 Å². The molecular formula is C16H14N4O3. The molecule has 0 fully saturated rings. The van der Waals surface area contributed by atoms with Crippen molar-refractivity contribution in [3.05, 3.63) is 71.2 Å². The molecule has 3 aromatic rings. The molecule has 1 amide bonds. The number of rotatable bonds is 5. The van der Waals surface area contributed by atoms with Gasteiger partial charge >= 0.3 is 0 Å². The van der Waals surface area contributed by atoms with Crippen LogP contribution in [0.3, 0.4) is 0 Å². The van der Waals surface area contributed by atoms with Crippen molar-refractivity contribution < 1.29 is 9.21 Å². The van der Waals surface area contributed by atoms with Crippen molar-refractivity contribution in [2.45, 2.75) is 13.1 Å². The predicted octanol–water partition coefficient (Wildman–Crippen LogP) is 1.21. The number of carbonyl (C=O) groups is 1. The average molecular weight is 310 g/mol. The van der Waals surface area contributed by atoms with E-state index in [1.54, 1.807) is 42.7 Å². The topological polar surface area (TPSA) is 90.0 Å². The van der Waals surface area contributed by atoms with Crippen LogP contribution in [0.25, 0.3) is 11.3 Å². The molecule has 0 spiro atoms. The van der Waals surface area contributed by atoms with E-state index in [2.05, 4.69) is 15.4 Å². The highest BCUT2D eigenvalue weighted by molar-refractivity contribution is 5.75. The van der Waals surface area contributed by atoms with Crippen LogP contribution in [0.2, 0.25) is 0 Å². The summed E-state index contributed by atoms with van der Waals surface area (Å²) in [6.45, 7) is 0.114. The van der Waals surface area contributed by atoms with Crippen LogP contribution in [0.5, 0.6) is 0 Å². The van der Waals surface area contributed by atoms with Gasteiger partial charge in [0.05, 0.1) is 18.5 Å². The number of hydrogen-bond donors (Lipinski definition) is 1. The van der Waals surface area contributed by atoms with Gasteiger partial charge in [-0.05, 0) is 30.3 Å². The van der Waals surface area contributed by atoms with E-state index >= 15 is 0 Å². The van der Waals surface area contributed by atoms with Crippen LogP contribution in [0.1, 0.15) is 5.76 Å². The standard InChI is InChI=1S/C16H14N4O3/c21-15(18-10-13-2-1-9-23-13)11-20-16(22)4-3-14(19-20)12-5-7-17-8-6-12/h1-9H,10-11H2,(H,18,21). The number of aromatic nitrogens is 3. The van der Waals surface area contributed by atoms with Crippen LogP contribution in [0.4, 0.5) is 0 Å². The van der Waals surface area contributed by atoms with E-state index < -0.39 is 0 Å². The number of amides is 1. The third-order valence-corrected chi connectivity index (χ3v) is 3.18. The number of pyridine rings is 1. The Balaban J connectivity index is 1.72. The average Bonchev–Trinajstić information content (AvgIpc) is 3.09. The summed E-state index contributed by atoms with van der Waals surface area (Å²) in [6.07, 6.45) is 4.82. The summed E-state index contributed by atoms with van der Waals surface area (Å²) in [4.78, 5) is 27.7. The molecule has 7 nitrogen and oxygen atoms in total. The third-order valence-electron chi connectivity index (χ3n) is 3.18. The highest BCUT2D eigenvalue weighted by Crippen LogP contribution is 2.12. The van der Waals surface area contributed by atoms with E-state index in [1.807, 2.05) is 0 Å². The van der Waals surface area contributed by atoms with Crippen LogP contribution in [-0.2, 0) is 17.9 Å². The zero-order chi connectivity index (χ0) is 16.1. The van der Waals surface area contributed by atoms with Crippen LogP contribution in [-0.4, -0.2) is 20.7 Å². The number of nitrogens with zero attached hydrogens (tertiary/aromatic N) is 3. The van der Waals surface area contributed by atoms with Crippen molar-refractivity contribution in [3.63, 3.8) is 0 Å².